The van der Waals surface area contributed by atoms with E-state index in [4.69, 9.17) is 9.47 Å². The molecule has 6 heteroatoms. The van der Waals surface area contributed by atoms with Gasteiger partial charge in [-0.15, -0.1) is 0 Å². The van der Waals surface area contributed by atoms with Gasteiger partial charge < -0.3 is 19.5 Å². The maximum Gasteiger partial charge on any atom is 0.122 e. The van der Waals surface area contributed by atoms with Gasteiger partial charge in [-0.3, -0.25) is 9.80 Å². The first-order valence-corrected chi connectivity index (χ1v) is 11.1. The van der Waals surface area contributed by atoms with Crippen molar-refractivity contribution >= 4 is 0 Å². The Bertz CT molecular complexity index is 610. The second-order valence-corrected chi connectivity index (χ2v) is 8.71. The van der Waals surface area contributed by atoms with Crippen LogP contribution < -0.4 is 9.47 Å². The number of piperidine rings is 1. The Morgan fingerprint density at radius 3 is 2.21 bits per heavy atom. The van der Waals surface area contributed by atoms with Gasteiger partial charge in [-0.2, -0.15) is 0 Å². The van der Waals surface area contributed by atoms with Crippen molar-refractivity contribution in [1.82, 2.24) is 14.7 Å². The number of rotatable bonds is 8. The van der Waals surface area contributed by atoms with E-state index in [0.29, 0.717) is 18.1 Å². The Labute approximate surface area is 176 Å². The largest absolute Gasteiger partial charge is 0.497 e. The molecule has 1 atom stereocenters. The summed E-state index contributed by atoms with van der Waals surface area (Å²) in [5.74, 6) is 1.65. The zero-order valence-electron chi connectivity index (χ0n) is 18.6. The van der Waals surface area contributed by atoms with Gasteiger partial charge in [0, 0.05) is 57.0 Å². The van der Waals surface area contributed by atoms with Crippen LogP contribution in [0.2, 0.25) is 0 Å². The number of aliphatic hydroxyl groups excluding tert-OH is 1. The first kappa shape index (κ1) is 22.3. The van der Waals surface area contributed by atoms with Crippen molar-refractivity contribution in [1.29, 1.82) is 0 Å². The van der Waals surface area contributed by atoms with E-state index < -0.39 is 0 Å². The van der Waals surface area contributed by atoms with Gasteiger partial charge in [0.05, 0.1) is 14.2 Å². The topological polar surface area (TPSA) is 48.4 Å². The maximum atomic E-state index is 9.67. The fourth-order valence-electron chi connectivity index (χ4n) is 4.84. The van der Waals surface area contributed by atoms with Crippen LogP contribution in [0.3, 0.4) is 0 Å². The molecule has 0 aliphatic carbocycles. The summed E-state index contributed by atoms with van der Waals surface area (Å²) >= 11 is 0. The van der Waals surface area contributed by atoms with Crippen LogP contribution in [0.5, 0.6) is 11.5 Å². The van der Waals surface area contributed by atoms with Crippen LogP contribution >= 0.6 is 0 Å². The molecule has 0 saturated carbocycles. The highest BCUT2D eigenvalue weighted by molar-refractivity contribution is 5.38. The average molecular weight is 406 g/mol. The van der Waals surface area contributed by atoms with Gasteiger partial charge in [0.1, 0.15) is 11.5 Å². The van der Waals surface area contributed by atoms with Gasteiger partial charge in [0.2, 0.25) is 0 Å². The summed E-state index contributed by atoms with van der Waals surface area (Å²) in [4.78, 5) is 7.79. The van der Waals surface area contributed by atoms with Gasteiger partial charge in [-0.05, 0) is 63.9 Å². The van der Waals surface area contributed by atoms with E-state index in [2.05, 4.69) is 40.7 Å². The van der Waals surface area contributed by atoms with Gasteiger partial charge in [0.15, 0.2) is 0 Å². The zero-order chi connectivity index (χ0) is 20.8. The summed E-state index contributed by atoms with van der Waals surface area (Å²) in [6.45, 7) is 11.3. The summed E-state index contributed by atoms with van der Waals surface area (Å²) in [7, 11) is 3.38. The molecule has 0 unspecified atom stereocenters. The number of aliphatic hydroxyl groups is 1. The summed E-state index contributed by atoms with van der Waals surface area (Å²) in [6.07, 6.45) is 3.34. The Morgan fingerprint density at radius 1 is 1.00 bits per heavy atom. The smallest absolute Gasteiger partial charge is 0.122 e. The van der Waals surface area contributed by atoms with E-state index in [1.165, 1.54) is 31.5 Å². The highest BCUT2D eigenvalue weighted by atomic mass is 16.5. The lowest BCUT2D eigenvalue weighted by Crippen LogP contribution is -2.57. The van der Waals surface area contributed by atoms with Gasteiger partial charge in [-0.25, -0.2) is 0 Å². The Balaban J connectivity index is 1.62. The summed E-state index contributed by atoms with van der Waals surface area (Å²) < 4.78 is 10.9. The van der Waals surface area contributed by atoms with E-state index in [1.807, 2.05) is 6.07 Å². The molecule has 1 aromatic carbocycles. The molecule has 1 N–H and O–H groups in total. The van der Waals surface area contributed by atoms with E-state index in [9.17, 15) is 5.11 Å². The molecule has 0 spiro atoms. The van der Waals surface area contributed by atoms with E-state index in [1.54, 1.807) is 14.2 Å². The van der Waals surface area contributed by atoms with Crippen LogP contribution in [0.25, 0.3) is 0 Å². The van der Waals surface area contributed by atoms with Crippen LogP contribution in [-0.4, -0.2) is 91.5 Å². The average Bonchev–Trinajstić information content (AvgIpc) is 2.74. The monoisotopic (exact) mass is 405 g/mol. The molecule has 2 heterocycles. The molecule has 0 bridgehead atoms. The molecule has 3 rings (SSSR count). The third kappa shape index (κ3) is 5.85. The normalized spacial score (nSPS) is 22.9. The molecule has 2 fully saturated rings. The lowest BCUT2D eigenvalue weighted by molar-refractivity contribution is 0.00985. The van der Waals surface area contributed by atoms with E-state index >= 15 is 0 Å². The zero-order valence-corrected chi connectivity index (χ0v) is 18.6. The molecule has 0 amide bonds. The molecule has 0 aromatic heterocycles. The minimum atomic E-state index is 0.238. The Morgan fingerprint density at radius 2 is 1.66 bits per heavy atom. The Hall–Kier alpha value is -1.34. The molecule has 6 nitrogen and oxygen atoms in total. The van der Waals surface area contributed by atoms with Gasteiger partial charge in [-0.1, -0.05) is 0 Å². The predicted octanol–water partition coefficient (Wildman–Crippen LogP) is 2.45. The molecular weight excluding hydrogens is 366 g/mol. The lowest BCUT2D eigenvalue weighted by Gasteiger charge is -2.47. The van der Waals surface area contributed by atoms with Crippen molar-refractivity contribution in [3.8, 4) is 11.5 Å². The first-order valence-electron chi connectivity index (χ1n) is 11.1. The van der Waals surface area contributed by atoms with Gasteiger partial charge >= 0.3 is 0 Å². The summed E-state index contributed by atoms with van der Waals surface area (Å²) in [5.41, 5.74) is 1.20. The molecule has 2 aliphatic rings. The highest BCUT2D eigenvalue weighted by Crippen LogP contribution is 2.27. The van der Waals surface area contributed by atoms with E-state index in [-0.39, 0.29) is 6.61 Å². The number of methoxy groups -OCH3 is 2. The van der Waals surface area contributed by atoms with Crippen molar-refractivity contribution in [3.63, 3.8) is 0 Å². The second kappa shape index (κ2) is 10.6. The number of hydrogen-bond acceptors (Lipinski definition) is 6. The van der Waals surface area contributed by atoms with Crippen molar-refractivity contribution < 1.29 is 14.6 Å². The molecule has 29 heavy (non-hydrogen) atoms. The van der Waals surface area contributed by atoms with Crippen molar-refractivity contribution in [2.45, 2.75) is 57.8 Å². The molecule has 0 radical (unpaired) electrons. The molecule has 2 saturated heterocycles. The predicted molar refractivity (Wildman–Crippen MR) is 117 cm³/mol. The van der Waals surface area contributed by atoms with Crippen LogP contribution in [0.1, 0.15) is 38.7 Å². The minimum absolute atomic E-state index is 0.238. The fourth-order valence-corrected chi connectivity index (χ4v) is 4.84. The standard InChI is InChI=1S/C23H39N3O3/c1-18(2)24-8-5-20(6-9-24)26-11-10-25(21(17-26)7-12-27)16-19-13-22(28-3)15-23(14-19)29-4/h13-15,18,20-21,27H,5-12,16-17H2,1-4H3/t21-/m1/s1. The molecule has 2 aliphatic heterocycles. The molecule has 1 aromatic rings. The summed E-state index contributed by atoms with van der Waals surface area (Å²) in [6, 6.07) is 7.81. The second-order valence-electron chi connectivity index (χ2n) is 8.71. The van der Waals surface area contributed by atoms with Crippen molar-refractivity contribution in [3.05, 3.63) is 23.8 Å². The van der Waals surface area contributed by atoms with Crippen LogP contribution in [0.15, 0.2) is 18.2 Å². The molecular formula is C23H39N3O3. The number of ether oxygens (including phenoxy) is 2. The third-order valence-corrected chi connectivity index (χ3v) is 6.64. The lowest BCUT2D eigenvalue weighted by atomic mass is 9.98. The van der Waals surface area contributed by atoms with Crippen molar-refractivity contribution in [2.75, 3.05) is 53.6 Å². The highest BCUT2D eigenvalue weighted by Gasteiger charge is 2.32. The Kier molecular flexibility index (Phi) is 8.18. The number of likely N-dealkylation sites (tertiary alicyclic amines) is 1. The first-order chi connectivity index (χ1) is 14.0. The molecule has 164 valence electrons. The number of benzene rings is 1. The number of nitrogens with zero attached hydrogens (tertiary/aromatic N) is 3. The van der Waals surface area contributed by atoms with Crippen molar-refractivity contribution in [2.24, 2.45) is 0 Å². The van der Waals surface area contributed by atoms with Crippen LogP contribution in [0.4, 0.5) is 0 Å². The minimum Gasteiger partial charge on any atom is -0.497 e. The van der Waals surface area contributed by atoms with Crippen LogP contribution in [-0.2, 0) is 6.54 Å². The maximum absolute atomic E-state index is 9.67. The number of hydrogen-bond donors (Lipinski definition) is 1. The summed E-state index contributed by atoms with van der Waals surface area (Å²) in [5, 5.41) is 9.67. The van der Waals surface area contributed by atoms with Gasteiger partial charge in [0.25, 0.3) is 0 Å². The van der Waals surface area contributed by atoms with Crippen LogP contribution in [0, 0.1) is 0 Å². The van der Waals surface area contributed by atoms with E-state index in [0.717, 1.165) is 44.1 Å². The number of piperazine rings is 1. The third-order valence-electron chi connectivity index (χ3n) is 6.64. The SMILES string of the molecule is COc1cc(CN2CCN(C3CCN(C(C)C)CC3)C[C@H]2CCO)cc(OC)c1. The fraction of sp³-hybridized carbons (Fsp3) is 0.739. The quantitative estimate of drug-likeness (QED) is 0.717.